The van der Waals surface area contributed by atoms with Crippen LogP contribution in [-0.4, -0.2) is 16.0 Å². The van der Waals surface area contributed by atoms with Gasteiger partial charge in [-0.25, -0.2) is 13.8 Å². The molecule has 0 saturated heterocycles. The van der Waals surface area contributed by atoms with Crippen LogP contribution in [0.4, 0.5) is 14.6 Å². The molecule has 2 N–H and O–H groups in total. The van der Waals surface area contributed by atoms with Gasteiger partial charge in [-0.15, -0.1) is 0 Å². The van der Waals surface area contributed by atoms with Crippen molar-refractivity contribution in [3.05, 3.63) is 52.1 Å². The van der Waals surface area contributed by atoms with E-state index in [1.807, 2.05) is 0 Å². The average molecular weight is 329 g/mol. The summed E-state index contributed by atoms with van der Waals surface area (Å²) >= 11 is 2.96. The van der Waals surface area contributed by atoms with Gasteiger partial charge in [0.15, 0.2) is 23.2 Å². The van der Waals surface area contributed by atoms with Crippen molar-refractivity contribution in [1.82, 2.24) is 4.98 Å². The third-order valence-corrected chi connectivity index (χ3v) is 2.93. The van der Waals surface area contributed by atoms with Crippen molar-refractivity contribution in [1.29, 1.82) is 0 Å². The van der Waals surface area contributed by atoms with Gasteiger partial charge in [0, 0.05) is 10.7 Å². The first-order valence-electron chi connectivity index (χ1n) is 5.09. The van der Waals surface area contributed by atoms with Crippen LogP contribution in [-0.2, 0) is 0 Å². The molecule has 2 aromatic rings. The van der Waals surface area contributed by atoms with E-state index in [1.165, 1.54) is 18.3 Å². The van der Waals surface area contributed by atoms with Crippen LogP contribution in [0.25, 0.3) is 0 Å². The van der Waals surface area contributed by atoms with Crippen LogP contribution in [0.5, 0.6) is 5.75 Å². The minimum atomic E-state index is -1.14. The summed E-state index contributed by atoms with van der Waals surface area (Å²) in [5.74, 6) is -3.22. The Bertz CT molecular complexity index is 650. The smallest absolute Gasteiger partial charge is 0.258 e. The lowest BCUT2D eigenvalue weighted by atomic mass is 10.2. The number of amides is 1. The monoisotopic (exact) mass is 328 g/mol. The van der Waals surface area contributed by atoms with Crippen molar-refractivity contribution in [2.24, 2.45) is 0 Å². The fourth-order valence-corrected chi connectivity index (χ4v) is 1.86. The number of anilines is 1. The second-order valence-corrected chi connectivity index (χ2v) is 4.43. The number of pyridine rings is 1. The fraction of sp³-hybridized carbons (Fsp3) is 0. The summed E-state index contributed by atoms with van der Waals surface area (Å²) in [4.78, 5) is 15.6. The zero-order valence-electron chi connectivity index (χ0n) is 9.32. The Morgan fingerprint density at radius 1 is 1.32 bits per heavy atom. The highest BCUT2D eigenvalue weighted by atomic mass is 79.9. The zero-order chi connectivity index (χ0) is 14.0. The maximum atomic E-state index is 13.1. The van der Waals surface area contributed by atoms with Crippen LogP contribution in [0.15, 0.2) is 34.9 Å². The minimum absolute atomic E-state index is 0.0656. The van der Waals surface area contributed by atoms with Crippen molar-refractivity contribution < 1.29 is 18.7 Å². The maximum Gasteiger partial charge on any atom is 0.258 e. The summed E-state index contributed by atoms with van der Waals surface area (Å²) in [5.41, 5.74) is -0.107. The van der Waals surface area contributed by atoms with Crippen LogP contribution in [0.1, 0.15) is 10.4 Å². The third kappa shape index (κ3) is 2.87. The zero-order valence-corrected chi connectivity index (χ0v) is 10.9. The van der Waals surface area contributed by atoms with Gasteiger partial charge in [0.2, 0.25) is 0 Å². The molecule has 0 bridgehead atoms. The van der Waals surface area contributed by atoms with E-state index in [0.717, 1.165) is 12.1 Å². The number of aromatic hydroxyl groups is 1. The lowest BCUT2D eigenvalue weighted by Crippen LogP contribution is -2.14. The van der Waals surface area contributed by atoms with Crippen LogP contribution < -0.4 is 5.32 Å². The molecular formula is C12H7BrF2N2O2. The summed E-state index contributed by atoms with van der Waals surface area (Å²) in [6.45, 7) is 0. The summed E-state index contributed by atoms with van der Waals surface area (Å²) in [6.07, 6.45) is 1.37. The van der Waals surface area contributed by atoms with E-state index in [9.17, 15) is 18.7 Å². The molecule has 7 heteroatoms. The van der Waals surface area contributed by atoms with Gasteiger partial charge in [-0.1, -0.05) is 0 Å². The van der Waals surface area contributed by atoms with Gasteiger partial charge in [0.05, 0.1) is 5.56 Å². The van der Waals surface area contributed by atoms with Crippen LogP contribution in [0.2, 0.25) is 0 Å². The standard InChI is InChI=1S/C12H7BrF2N2O2/c13-7-5-9(15)8(14)4-6(7)12(19)17-11-10(18)2-1-3-16-11/h1-5,18H,(H,16,17,19). The predicted molar refractivity (Wildman–Crippen MR) is 67.9 cm³/mol. The lowest BCUT2D eigenvalue weighted by molar-refractivity contribution is 0.102. The normalized spacial score (nSPS) is 10.3. The number of halogens is 3. The molecule has 1 amide bonds. The number of carbonyl (C=O) groups excluding carboxylic acids is 1. The molecule has 98 valence electrons. The Kier molecular flexibility index (Phi) is 3.75. The van der Waals surface area contributed by atoms with Gasteiger partial charge in [-0.05, 0) is 40.2 Å². The summed E-state index contributed by atoms with van der Waals surface area (Å²) in [5, 5.41) is 11.7. The highest BCUT2D eigenvalue weighted by molar-refractivity contribution is 9.10. The number of carbonyl (C=O) groups is 1. The quantitative estimate of drug-likeness (QED) is 0.833. The van der Waals surface area contributed by atoms with E-state index in [2.05, 4.69) is 26.2 Å². The first-order chi connectivity index (χ1) is 8.99. The van der Waals surface area contributed by atoms with Crippen LogP contribution in [0, 0.1) is 11.6 Å². The molecule has 0 aliphatic heterocycles. The molecule has 1 aromatic carbocycles. The van der Waals surface area contributed by atoms with Crippen molar-refractivity contribution in [3.63, 3.8) is 0 Å². The topological polar surface area (TPSA) is 62.2 Å². The van der Waals surface area contributed by atoms with Crippen LogP contribution in [0.3, 0.4) is 0 Å². The first kappa shape index (κ1) is 13.4. The van der Waals surface area contributed by atoms with E-state index in [4.69, 9.17) is 0 Å². The van der Waals surface area contributed by atoms with E-state index < -0.39 is 17.5 Å². The van der Waals surface area contributed by atoms with Gasteiger partial charge in [-0.2, -0.15) is 0 Å². The van der Waals surface area contributed by atoms with E-state index in [1.54, 1.807) is 0 Å². The molecule has 0 aliphatic rings. The number of aromatic nitrogens is 1. The number of nitrogens with zero attached hydrogens (tertiary/aromatic N) is 1. The summed E-state index contributed by atoms with van der Waals surface area (Å²) in [6, 6.07) is 4.43. The van der Waals surface area contributed by atoms with Gasteiger partial charge in [-0.3, -0.25) is 4.79 Å². The average Bonchev–Trinajstić information content (AvgIpc) is 2.36. The number of hydrogen-bond donors (Lipinski definition) is 2. The number of rotatable bonds is 2. The minimum Gasteiger partial charge on any atom is -0.504 e. The number of nitrogens with one attached hydrogen (secondary N) is 1. The van der Waals surface area contributed by atoms with Gasteiger partial charge in [0.25, 0.3) is 5.91 Å². The molecule has 2 rings (SSSR count). The van der Waals surface area contributed by atoms with E-state index in [0.29, 0.717) is 0 Å². The van der Waals surface area contributed by atoms with Gasteiger partial charge >= 0.3 is 0 Å². The Hall–Kier alpha value is -2.02. The SMILES string of the molecule is O=C(Nc1ncccc1O)c1cc(F)c(F)cc1Br. The summed E-state index contributed by atoms with van der Waals surface area (Å²) < 4.78 is 26.1. The molecule has 4 nitrogen and oxygen atoms in total. The molecule has 0 atom stereocenters. The molecule has 0 saturated carbocycles. The molecular weight excluding hydrogens is 322 g/mol. The Balaban J connectivity index is 2.31. The molecule has 1 heterocycles. The van der Waals surface area contributed by atoms with E-state index >= 15 is 0 Å². The highest BCUT2D eigenvalue weighted by Crippen LogP contribution is 2.23. The van der Waals surface area contributed by atoms with Crippen molar-refractivity contribution in [3.8, 4) is 5.75 Å². The van der Waals surface area contributed by atoms with Crippen LogP contribution >= 0.6 is 15.9 Å². The van der Waals surface area contributed by atoms with Crippen molar-refractivity contribution in [2.75, 3.05) is 5.32 Å². The molecule has 19 heavy (non-hydrogen) atoms. The number of benzene rings is 1. The molecule has 1 aromatic heterocycles. The highest BCUT2D eigenvalue weighted by Gasteiger charge is 2.16. The predicted octanol–water partition coefficient (Wildman–Crippen LogP) is 3.08. The second kappa shape index (κ2) is 5.31. The van der Waals surface area contributed by atoms with Crippen molar-refractivity contribution in [2.45, 2.75) is 0 Å². The number of hydrogen-bond acceptors (Lipinski definition) is 3. The molecule has 0 radical (unpaired) electrons. The van der Waals surface area contributed by atoms with E-state index in [-0.39, 0.29) is 21.6 Å². The Morgan fingerprint density at radius 3 is 2.68 bits per heavy atom. The van der Waals surface area contributed by atoms with Crippen molar-refractivity contribution >= 4 is 27.7 Å². The Morgan fingerprint density at radius 2 is 2.00 bits per heavy atom. The summed E-state index contributed by atoms with van der Waals surface area (Å²) in [7, 11) is 0. The fourth-order valence-electron chi connectivity index (χ4n) is 1.36. The molecule has 0 aliphatic carbocycles. The second-order valence-electron chi connectivity index (χ2n) is 3.57. The van der Waals surface area contributed by atoms with Gasteiger partial charge in [0.1, 0.15) is 0 Å². The first-order valence-corrected chi connectivity index (χ1v) is 5.88. The third-order valence-electron chi connectivity index (χ3n) is 2.27. The molecule has 0 unspecified atom stereocenters. The van der Waals surface area contributed by atoms with Gasteiger partial charge < -0.3 is 10.4 Å². The molecule has 0 spiro atoms. The maximum absolute atomic E-state index is 13.1. The Labute approximate surface area is 115 Å². The largest absolute Gasteiger partial charge is 0.504 e. The lowest BCUT2D eigenvalue weighted by Gasteiger charge is -2.07. The molecule has 0 fully saturated rings.